The Morgan fingerprint density at radius 1 is 1.05 bits per heavy atom. The van der Waals surface area contributed by atoms with E-state index in [1.54, 1.807) is 12.1 Å². The number of benzene rings is 2. The molecule has 0 aliphatic rings. The first-order valence-corrected chi connectivity index (χ1v) is 7.46. The largest absolute Gasteiger partial charge is 0.338 e. The van der Waals surface area contributed by atoms with Crippen LogP contribution in [0.5, 0.6) is 0 Å². The molecule has 2 aromatic rings. The molecule has 1 N–H and O–H groups in total. The van der Waals surface area contributed by atoms with Crippen LogP contribution in [0.4, 0.5) is 4.39 Å². The smallest absolute Gasteiger partial charge is 0.236 e. The quantitative estimate of drug-likeness (QED) is 0.852. The van der Waals surface area contributed by atoms with Crippen molar-refractivity contribution in [3.05, 3.63) is 71.5 Å². The first-order valence-electron chi connectivity index (χ1n) is 7.46. The number of hydrogen-bond donors (Lipinski definition) is 1. The fourth-order valence-electron chi connectivity index (χ4n) is 2.21. The first-order chi connectivity index (χ1) is 10.7. The Morgan fingerprint density at radius 3 is 2.36 bits per heavy atom. The van der Waals surface area contributed by atoms with Gasteiger partial charge in [0.15, 0.2) is 0 Å². The minimum absolute atomic E-state index is 0.0634. The van der Waals surface area contributed by atoms with E-state index in [1.165, 1.54) is 12.1 Å². The number of hydrogen-bond acceptors (Lipinski definition) is 2. The van der Waals surface area contributed by atoms with E-state index in [4.69, 9.17) is 0 Å². The normalized spacial score (nSPS) is 10.5. The topological polar surface area (TPSA) is 32.3 Å². The van der Waals surface area contributed by atoms with Gasteiger partial charge >= 0.3 is 0 Å². The van der Waals surface area contributed by atoms with Gasteiger partial charge in [-0.3, -0.25) is 4.79 Å². The summed E-state index contributed by atoms with van der Waals surface area (Å²) in [7, 11) is 0. The van der Waals surface area contributed by atoms with Crippen LogP contribution in [0.1, 0.15) is 18.1 Å². The molecule has 0 aliphatic carbocycles. The molecule has 0 bridgehead atoms. The molecule has 2 aromatic carbocycles. The molecule has 0 aliphatic heterocycles. The highest BCUT2D eigenvalue weighted by atomic mass is 19.1. The lowest BCUT2D eigenvalue weighted by atomic mass is 10.2. The summed E-state index contributed by atoms with van der Waals surface area (Å²) < 4.78 is 12.8. The van der Waals surface area contributed by atoms with Crippen molar-refractivity contribution in [1.82, 2.24) is 10.2 Å². The summed E-state index contributed by atoms with van der Waals surface area (Å²) in [5.74, 6) is -0.187. The van der Waals surface area contributed by atoms with Gasteiger partial charge < -0.3 is 10.2 Å². The molecule has 0 heterocycles. The second-order valence-corrected chi connectivity index (χ2v) is 5.12. The van der Waals surface area contributed by atoms with Gasteiger partial charge in [0.25, 0.3) is 0 Å². The van der Waals surface area contributed by atoms with Crippen LogP contribution in [-0.2, 0) is 17.9 Å². The highest BCUT2D eigenvalue weighted by Gasteiger charge is 2.11. The highest BCUT2D eigenvalue weighted by molar-refractivity contribution is 5.78. The average Bonchev–Trinajstić information content (AvgIpc) is 2.55. The van der Waals surface area contributed by atoms with Crippen LogP contribution in [0, 0.1) is 5.82 Å². The third kappa shape index (κ3) is 4.97. The van der Waals surface area contributed by atoms with Gasteiger partial charge in [-0.15, -0.1) is 0 Å². The minimum atomic E-state index is -0.250. The van der Waals surface area contributed by atoms with E-state index >= 15 is 0 Å². The number of rotatable bonds is 7. The minimum Gasteiger partial charge on any atom is -0.338 e. The number of amides is 1. The van der Waals surface area contributed by atoms with Crippen LogP contribution in [0.15, 0.2) is 54.6 Å². The second-order valence-electron chi connectivity index (χ2n) is 5.12. The predicted molar refractivity (Wildman–Crippen MR) is 85.6 cm³/mol. The Hall–Kier alpha value is -2.20. The van der Waals surface area contributed by atoms with Crippen molar-refractivity contribution < 1.29 is 9.18 Å². The Kier molecular flexibility index (Phi) is 6.10. The summed E-state index contributed by atoms with van der Waals surface area (Å²) >= 11 is 0. The maximum atomic E-state index is 12.8. The van der Waals surface area contributed by atoms with Crippen LogP contribution >= 0.6 is 0 Å². The van der Waals surface area contributed by atoms with Gasteiger partial charge in [-0.25, -0.2) is 4.39 Å². The SMILES string of the molecule is CCN(Cc1ccccc1)C(=O)CNCc1ccc(F)cc1. The van der Waals surface area contributed by atoms with Crippen molar-refractivity contribution in [2.45, 2.75) is 20.0 Å². The standard InChI is InChI=1S/C18H21FN2O/c1-2-21(14-16-6-4-3-5-7-16)18(22)13-20-12-15-8-10-17(19)11-9-15/h3-11,20H,2,12-14H2,1H3. The van der Waals surface area contributed by atoms with Crippen LogP contribution in [0.2, 0.25) is 0 Å². The molecular weight excluding hydrogens is 279 g/mol. The number of nitrogens with one attached hydrogen (secondary N) is 1. The predicted octanol–water partition coefficient (Wildman–Crippen LogP) is 2.96. The maximum absolute atomic E-state index is 12.8. The third-order valence-electron chi connectivity index (χ3n) is 3.47. The van der Waals surface area contributed by atoms with Crippen LogP contribution in [0.25, 0.3) is 0 Å². The van der Waals surface area contributed by atoms with E-state index in [1.807, 2.05) is 42.2 Å². The van der Waals surface area contributed by atoms with Crippen molar-refractivity contribution >= 4 is 5.91 Å². The lowest BCUT2D eigenvalue weighted by Crippen LogP contribution is -2.37. The van der Waals surface area contributed by atoms with E-state index in [0.717, 1.165) is 11.1 Å². The van der Waals surface area contributed by atoms with Crippen LogP contribution in [0.3, 0.4) is 0 Å². The van der Waals surface area contributed by atoms with E-state index in [0.29, 0.717) is 19.6 Å². The number of carbonyl (C=O) groups is 1. The molecule has 0 spiro atoms. The van der Waals surface area contributed by atoms with Crippen molar-refractivity contribution in [3.8, 4) is 0 Å². The van der Waals surface area contributed by atoms with Crippen molar-refractivity contribution in [3.63, 3.8) is 0 Å². The van der Waals surface area contributed by atoms with E-state index < -0.39 is 0 Å². The average molecular weight is 300 g/mol. The summed E-state index contributed by atoms with van der Waals surface area (Å²) in [6, 6.07) is 16.2. The zero-order valence-corrected chi connectivity index (χ0v) is 12.8. The zero-order chi connectivity index (χ0) is 15.8. The molecule has 0 saturated carbocycles. The Labute approximate surface area is 130 Å². The third-order valence-corrected chi connectivity index (χ3v) is 3.47. The van der Waals surface area contributed by atoms with Gasteiger partial charge in [0.2, 0.25) is 5.91 Å². The van der Waals surface area contributed by atoms with Crippen molar-refractivity contribution in [2.24, 2.45) is 0 Å². The Morgan fingerprint density at radius 2 is 1.73 bits per heavy atom. The summed E-state index contributed by atoms with van der Waals surface area (Å²) in [6.07, 6.45) is 0. The first kappa shape index (κ1) is 16.2. The van der Waals surface area contributed by atoms with Crippen LogP contribution in [-0.4, -0.2) is 23.9 Å². The fourth-order valence-corrected chi connectivity index (χ4v) is 2.21. The lowest BCUT2D eigenvalue weighted by molar-refractivity contribution is -0.130. The molecule has 22 heavy (non-hydrogen) atoms. The molecule has 1 amide bonds. The van der Waals surface area contributed by atoms with E-state index in [9.17, 15) is 9.18 Å². The Bertz CT molecular complexity index is 584. The molecule has 2 rings (SSSR count). The van der Waals surface area contributed by atoms with Gasteiger partial charge in [0, 0.05) is 19.6 Å². The summed E-state index contributed by atoms with van der Waals surface area (Å²) in [6.45, 7) is 4.09. The Balaban J connectivity index is 1.80. The molecule has 0 fully saturated rings. The summed E-state index contributed by atoms with van der Waals surface area (Å²) in [4.78, 5) is 14.0. The molecule has 0 saturated heterocycles. The van der Waals surface area contributed by atoms with Crippen molar-refractivity contribution in [2.75, 3.05) is 13.1 Å². The maximum Gasteiger partial charge on any atom is 0.236 e. The van der Waals surface area contributed by atoms with Gasteiger partial charge in [0.1, 0.15) is 5.82 Å². The lowest BCUT2D eigenvalue weighted by Gasteiger charge is -2.21. The summed E-state index contributed by atoms with van der Waals surface area (Å²) in [5.41, 5.74) is 2.08. The molecule has 3 nitrogen and oxygen atoms in total. The number of carbonyl (C=O) groups excluding carboxylic acids is 1. The van der Waals surface area contributed by atoms with Gasteiger partial charge in [-0.05, 0) is 30.2 Å². The molecule has 0 unspecified atom stereocenters. The van der Waals surface area contributed by atoms with Crippen LogP contribution < -0.4 is 5.32 Å². The van der Waals surface area contributed by atoms with E-state index in [-0.39, 0.29) is 18.3 Å². The molecule has 0 atom stereocenters. The molecule has 0 aromatic heterocycles. The highest BCUT2D eigenvalue weighted by Crippen LogP contribution is 2.05. The van der Waals surface area contributed by atoms with E-state index in [2.05, 4.69) is 5.32 Å². The monoisotopic (exact) mass is 300 g/mol. The molecule has 4 heteroatoms. The van der Waals surface area contributed by atoms with Gasteiger partial charge in [-0.1, -0.05) is 42.5 Å². The number of halogens is 1. The second kappa shape index (κ2) is 8.29. The van der Waals surface area contributed by atoms with Gasteiger partial charge in [-0.2, -0.15) is 0 Å². The number of likely N-dealkylation sites (N-methyl/N-ethyl adjacent to an activating group) is 1. The van der Waals surface area contributed by atoms with Crippen molar-refractivity contribution in [1.29, 1.82) is 0 Å². The molecule has 0 radical (unpaired) electrons. The summed E-state index contributed by atoms with van der Waals surface area (Å²) in [5, 5.41) is 3.11. The zero-order valence-electron chi connectivity index (χ0n) is 12.8. The molecule has 116 valence electrons. The van der Waals surface area contributed by atoms with Gasteiger partial charge in [0.05, 0.1) is 6.54 Å². The number of nitrogens with zero attached hydrogens (tertiary/aromatic N) is 1. The molecular formula is C18H21FN2O. The fraction of sp³-hybridized carbons (Fsp3) is 0.278.